The number of hydrogen-bond acceptors (Lipinski definition) is 1. The topological polar surface area (TPSA) is 35.0 Å². The molecule has 0 aliphatic heterocycles. The zero-order valence-electron chi connectivity index (χ0n) is 2.56. The Morgan fingerprint density at radius 3 is 1.20 bits per heavy atom. The summed E-state index contributed by atoms with van der Waals surface area (Å²) in [5.41, 5.74) is 0. The molecule has 9 radical (unpaired) electrons. The van der Waals surface area contributed by atoms with Crippen molar-refractivity contribution in [2.45, 2.75) is 0 Å². The van der Waals surface area contributed by atoms with E-state index >= 15 is 0 Å². The second kappa shape index (κ2) is 36.4. The van der Waals surface area contributed by atoms with Crippen LogP contribution < -0.4 is 6.15 Å². The number of rotatable bonds is 0. The zero-order chi connectivity index (χ0) is 2.00. The molecule has 0 amide bonds. The fourth-order valence-electron chi connectivity index (χ4n) is 0. The smallest absolute Gasteiger partial charge is 0 e. The van der Waals surface area contributed by atoms with Crippen LogP contribution in [-0.4, -0.2) is 61.0 Å². The molecule has 0 saturated carbocycles. The molecule has 1 nitrogen and oxygen atoms in total. The molecule has 0 atom stereocenters. The first kappa shape index (κ1) is 27.6. The summed E-state index contributed by atoms with van der Waals surface area (Å²) in [6, 6.07) is 0. The normalized spacial score (nSPS) is 0.800. The van der Waals surface area contributed by atoms with E-state index in [1.165, 1.54) is 0 Å². The van der Waals surface area contributed by atoms with Crippen LogP contribution in [-0.2, 0) is 0 Å². The van der Waals surface area contributed by atoms with Gasteiger partial charge in [-0.05, 0) is 0 Å². The first-order valence-corrected chi connectivity index (χ1v) is 7.12. The van der Waals surface area contributed by atoms with Gasteiger partial charge < -0.3 is 6.15 Å². The molecule has 5 heavy (non-hydrogen) atoms. The summed E-state index contributed by atoms with van der Waals surface area (Å²) in [6.07, 6.45) is 0. The molecule has 0 aromatic heterocycles. The molecule has 5 heteroatoms. The van der Waals surface area contributed by atoms with E-state index in [0.717, 1.165) is 0 Å². The fourth-order valence-corrected chi connectivity index (χ4v) is 0. The summed E-state index contributed by atoms with van der Waals surface area (Å²) in [6.45, 7) is 0. The monoisotopic (exact) mass is 324 g/mol. The van der Waals surface area contributed by atoms with Crippen molar-refractivity contribution in [1.82, 2.24) is 6.15 Å². The molecule has 0 fully saturated rings. The molecular formula is H3AsGeNSiTe. The Balaban J connectivity index is -0.00000000167. The van der Waals surface area contributed by atoms with Crippen LogP contribution in [0.25, 0.3) is 0 Å². The summed E-state index contributed by atoms with van der Waals surface area (Å²) in [7, 11) is 0. The van der Waals surface area contributed by atoms with Crippen molar-refractivity contribution in [1.29, 1.82) is 0 Å². The third-order valence-corrected chi connectivity index (χ3v) is 0. The first-order chi connectivity index (χ1) is 1.00. The Morgan fingerprint density at radius 2 is 1.20 bits per heavy atom. The Hall–Kier alpha value is 2.07. The van der Waals surface area contributed by atoms with E-state index in [1.807, 2.05) is 32.0 Å². The fraction of sp³-hybridized carbons (Fsp3) is 0. The van der Waals surface area contributed by atoms with Gasteiger partial charge in [-0.2, -0.15) is 0 Å². The minimum Gasteiger partial charge on any atom is 0 e. The van der Waals surface area contributed by atoms with E-state index in [1.54, 1.807) is 0 Å². The van der Waals surface area contributed by atoms with E-state index < -0.39 is 0 Å². The predicted octanol–water partition coefficient (Wildman–Crippen LogP) is -1.36. The average Bonchev–Trinajstić information content (AvgIpc) is 1.00. The molecule has 3 N–H and O–H groups in total. The molecular weight excluding hydrogens is 317 g/mol. The first-order valence-electron chi connectivity index (χ1n) is 0.204. The van der Waals surface area contributed by atoms with Gasteiger partial charge in [-0.3, -0.25) is 0 Å². The van der Waals surface area contributed by atoms with Gasteiger partial charge >= 0.3 is 32.0 Å². The van der Waals surface area contributed by atoms with Crippen molar-refractivity contribution in [3.8, 4) is 0 Å². The molecule has 0 bridgehead atoms. The largest absolute Gasteiger partial charge is 0 e. The summed E-state index contributed by atoms with van der Waals surface area (Å²) < 4.78 is 0. The molecule has 27 valence electrons. The van der Waals surface area contributed by atoms with Gasteiger partial charge in [0.05, 0.1) is 0 Å². The van der Waals surface area contributed by atoms with Crippen molar-refractivity contribution < 1.29 is 0 Å². The zero-order valence-corrected chi connectivity index (χ0v) is 9.87. The minimum absolute atomic E-state index is 0. The van der Waals surface area contributed by atoms with Crippen LogP contribution >= 0.6 is 0 Å². The Bertz CT molecular complexity index is 11.6. The van der Waals surface area contributed by atoms with Crippen LogP contribution in [0.4, 0.5) is 0 Å². The van der Waals surface area contributed by atoms with Crippen LogP contribution in [0, 0.1) is 0 Å². The van der Waals surface area contributed by atoms with Gasteiger partial charge in [0.2, 0.25) is 0 Å². The van der Waals surface area contributed by atoms with Crippen molar-refractivity contribution >= 4 is 61.0 Å². The predicted molar refractivity (Wildman–Crippen MR) is 28.0 cm³/mol. The molecule has 0 unspecified atom stereocenters. The van der Waals surface area contributed by atoms with E-state index in [0.29, 0.717) is 0 Å². The third kappa shape index (κ3) is 23.5. The summed E-state index contributed by atoms with van der Waals surface area (Å²) in [4.78, 5) is 0. The standard InChI is InChI=1S/As.GeTe.H3N.Si/c;1-2;;/h;;1H3;. The van der Waals surface area contributed by atoms with Crippen molar-refractivity contribution in [3.63, 3.8) is 0 Å². The van der Waals surface area contributed by atoms with E-state index in [2.05, 4.69) is 0 Å². The molecule has 0 aromatic carbocycles. The third-order valence-electron chi connectivity index (χ3n) is 0. The van der Waals surface area contributed by atoms with Gasteiger partial charge in [0.1, 0.15) is 0 Å². The van der Waals surface area contributed by atoms with Crippen LogP contribution in [0.2, 0.25) is 0 Å². The Labute approximate surface area is 66.4 Å². The van der Waals surface area contributed by atoms with Gasteiger partial charge in [0.15, 0.2) is 0 Å². The van der Waals surface area contributed by atoms with Crippen LogP contribution in [0.15, 0.2) is 0 Å². The molecule has 0 aliphatic carbocycles. The quantitative estimate of drug-likeness (QED) is 0.550. The van der Waals surface area contributed by atoms with Crippen molar-refractivity contribution in [3.05, 3.63) is 0 Å². The maximum Gasteiger partial charge on any atom is 0 e. The Kier molecular flexibility index (Phi) is 202. The number of hydrogen-bond donors (Lipinski definition) is 1. The van der Waals surface area contributed by atoms with Gasteiger partial charge in [0.25, 0.3) is 0 Å². The van der Waals surface area contributed by atoms with Crippen molar-refractivity contribution in [2.24, 2.45) is 0 Å². The van der Waals surface area contributed by atoms with Gasteiger partial charge in [-0.25, -0.2) is 0 Å². The van der Waals surface area contributed by atoms with Gasteiger partial charge in [-0.1, -0.05) is 0 Å². The molecule has 0 aromatic rings. The van der Waals surface area contributed by atoms with Gasteiger partial charge in [0, 0.05) is 28.9 Å². The van der Waals surface area contributed by atoms with Gasteiger partial charge in [-0.15, -0.1) is 0 Å². The molecule has 0 spiro atoms. The van der Waals surface area contributed by atoms with E-state index in [4.69, 9.17) is 0 Å². The second-order valence-electron chi connectivity index (χ2n) is 0. The van der Waals surface area contributed by atoms with E-state index in [-0.39, 0.29) is 35.1 Å². The van der Waals surface area contributed by atoms with Crippen LogP contribution in [0.3, 0.4) is 0 Å². The van der Waals surface area contributed by atoms with E-state index in [9.17, 15) is 0 Å². The molecule has 0 aliphatic rings. The SMILES string of the molecule is N.[As].[Ge]=[Te].[Si]. The molecule has 0 saturated heterocycles. The van der Waals surface area contributed by atoms with Crippen LogP contribution in [0.1, 0.15) is 0 Å². The second-order valence-corrected chi connectivity index (χ2v) is 0. The maximum absolute atomic E-state index is 2.01. The molecule has 0 rings (SSSR count). The molecule has 0 heterocycles. The summed E-state index contributed by atoms with van der Waals surface area (Å²) in [5, 5.41) is 0. The summed E-state index contributed by atoms with van der Waals surface area (Å²) in [5.74, 6) is 0. The summed E-state index contributed by atoms with van der Waals surface area (Å²) >= 11 is 3.96. The average molecular weight is 320 g/mol. The maximum atomic E-state index is 2.01. The van der Waals surface area contributed by atoms with Crippen molar-refractivity contribution in [2.75, 3.05) is 0 Å². The minimum atomic E-state index is 0. The Morgan fingerprint density at radius 1 is 1.20 bits per heavy atom. The van der Waals surface area contributed by atoms with Crippen LogP contribution in [0.5, 0.6) is 0 Å².